The average Bonchev–Trinajstić information content (AvgIpc) is 2.52. The summed E-state index contributed by atoms with van der Waals surface area (Å²) in [5.41, 5.74) is 3.37. The predicted molar refractivity (Wildman–Crippen MR) is 89.6 cm³/mol. The fourth-order valence-corrected chi connectivity index (χ4v) is 3.33. The van der Waals surface area contributed by atoms with E-state index in [1.165, 1.54) is 43.1 Å². The lowest BCUT2D eigenvalue weighted by atomic mass is 9.89. The van der Waals surface area contributed by atoms with Crippen molar-refractivity contribution in [3.8, 4) is 0 Å². The van der Waals surface area contributed by atoms with Crippen LogP contribution in [0.1, 0.15) is 29.5 Å². The van der Waals surface area contributed by atoms with Crippen LogP contribution in [0.2, 0.25) is 0 Å². The average molecular weight is 297 g/mol. The molecule has 1 nitrogen and oxygen atoms in total. The first-order chi connectivity index (χ1) is 10.7. The highest BCUT2D eigenvalue weighted by molar-refractivity contribution is 5.30. The molecule has 1 saturated heterocycles. The number of benzene rings is 2. The van der Waals surface area contributed by atoms with Gasteiger partial charge in [0.2, 0.25) is 0 Å². The van der Waals surface area contributed by atoms with E-state index in [9.17, 15) is 4.39 Å². The van der Waals surface area contributed by atoms with Gasteiger partial charge >= 0.3 is 0 Å². The normalized spacial score (nSPS) is 16.8. The maximum atomic E-state index is 13.8. The summed E-state index contributed by atoms with van der Waals surface area (Å²) < 4.78 is 13.8. The highest BCUT2D eigenvalue weighted by Crippen LogP contribution is 2.22. The summed E-state index contributed by atoms with van der Waals surface area (Å²) in [6.45, 7) is 2.42. The summed E-state index contributed by atoms with van der Waals surface area (Å²) in [6.07, 6.45) is 4.40. The van der Waals surface area contributed by atoms with Gasteiger partial charge in [0.15, 0.2) is 0 Å². The van der Waals surface area contributed by atoms with Gasteiger partial charge in [-0.1, -0.05) is 42.5 Å². The van der Waals surface area contributed by atoms with Crippen LogP contribution in [0.4, 0.5) is 4.39 Å². The SMILES string of the molecule is CN1CCC(Cc2cccc(Cc3ccccc3F)c2)CC1. The third-order valence-electron chi connectivity index (χ3n) is 4.71. The standard InChI is InChI=1S/C20H24FN/c1-22-11-9-16(10-12-22)13-17-5-4-6-18(14-17)15-19-7-2-3-8-20(19)21/h2-8,14,16H,9-13,15H2,1H3. The van der Waals surface area contributed by atoms with Crippen LogP contribution >= 0.6 is 0 Å². The van der Waals surface area contributed by atoms with Crippen molar-refractivity contribution >= 4 is 0 Å². The minimum Gasteiger partial charge on any atom is -0.306 e. The molecule has 0 unspecified atom stereocenters. The smallest absolute Gasteiger partial charge is 0.126 e. The van der Waals surface area contributed by atoms with Crippen molar-refractivity contribution in [3.63, 3.8) is 0 Å². The summed E-state index contributed by atoms with van der Waals surface area (Å²) in [7, 11) is 2.20. The fraction of sp³-hybridized carbons (Fsp3) is 0.400. The predicted octanol–water partition coefficient (Wildman–Crippen LogP) is 4.30. The quantitative estimate of drug-likeness (QED) is 0.813. The van der Waals surface area contributed by atoms with Crippen molar-refractivity contribution in [1.29, 1.82) is 0 Å². The van der Waals surface area contributed by atoms with E-state index in [4.69, 9.17) is 0 Å². The van der Waals surface area contributed by atoms with Gasteiger partial charge in [0.05, 0.1) is 0 Å². The van der Waals surface area contributed by atoms with Crippen LogP contribution in [0.15, 0.2) is 48.5 Å². The molecule has 0 amide bonds. The van der Waals surface area contributed by atoms with E-state index in [1.54, 1.807) is 6.07 Å². The van der Waals surface area contributed by atoms with Crippen LogP contribution in [0.25, 0.3) is 0 Å². The van der Waals surface area contributed by atoms with Crippen LogP contribution < -0.4 is 0 Å². The number of halogens is 1. The number of nitrogens with zero attached hydrogens (tertiary/aromatic N) is 1. The van der Waals surface area contributed by atoms with Gasteiger partial charge in [0.1, 0.15) is 5.82 Å². The third kappa shape index (κ3) is 3.95. The third-order valence-corrected chi connectivity index (χ3v) is 4.71. The maximum Gasteiger partial charge on any atom is 0.126 e. The van der Waals surface area contributed by atoms with Gasteiger partial charge in [0, 0.05) is 6.42 Å². The highest BCUT2D eigenvalue weighted by atomic mass is 19.1. The van der Waals surface area contributed by atoms with Gasteiger partial charge in [-0.2, -0.15) is 0 Å². The summed E-state index contributed by atoms with van der Waals surface area (Å²) in [5.74, 6) is 0.683. The topological polar surface area (TPSA) is 3.24 Å². The second kappa shape index (κ2) is 7.06. The number of likely N-dealkylation sites (tertiary alicyclic amines) is 1. The maximum absolute atomic E-state index is 13.8. The lowest BCUT2D eigenvalue weighted by Gasteiger charge is -2.29. The number of hydrogen-bond acceptors (Lipinski definition) is 1. The lowest BCUT2D eigenvalue weighted by Crippen LogP contribution is -2.30. The van der Waals surface area contributed by atoms with Crippen molar-refractivity contribution in [2.24, 2.45) is 5.92 Å². The van der Waals surface area contributed by atoms with Crippen LogP contribution in [0, 0.1) is 11.7 Å². The lowest BCUT2D eigenvalue weighted by molar-refractivity contribution is 0.219. The Balaban J connectivity index is 1.66. The Kier molecular flexibility index (Phi) is 4.89. The fourth-order valence-electron chi connectivity index (χ4n) is 3.33. The van der Waals surface area contributed by atoms with E-state index in [0.29, 0.717) is 6.42 Å². The second-order valence-electron chi connectivity index (χ2n) is 6.54. The Morgan fingerprint density at radius 1 is 1.00 bits per heavy atom. The molecule has 1 fully saturated rings. The van der Waals surface area contributed by atoms with E-state index < -0.39 is 0 Å². The molecule has 2 aromatic carbocycles. The summed E-state index contributed by atoms with van der Waals surface area (Å²) in [5, 5.41) is 0. The van der Waals surface area contributed by atoms with E-state index >= 15 is 0 Å². The van der Waals surface area contributed by atoms with Crippen LogP contribution in [0.5, 0.6) is 0 Å². The van der Waals surface area contributed by atoms with Gasteiger partial charge in [-0.3, -0.25) is 0 Å². The molecule has 2 aromatic rings. The van der Waals surface area contributed by atoms with Crippen molar-refractivity contribution in [1.82, 2.24) is 4.90 Å². The molecule has 0 N–H and O–H groups in total. The Hall–Kier alpha value is -1.67. The van der Waals surface area contributed by atoms with E-state index in [0.717, 1.165) is 17.9 Å². The van der Waals surface area contributed by atoms with Gasteiger partial charge in [-0.15, -0.1) is 0 Å². The zero-order valence-corrected chi connectivity index (χ0v) is 13.3. The molecular weight excluding hydrogens is 273 g/mol. The largest absolute Gasteiger partial charge is 0.306 e. The molecular formula is C20H24FN. The zero-order chi connectivity index (χ0) is 15.4. The Morgan fingerprint density at radius 3 is 2.50 bits per heavy atom. The molecule has 0 bridgehead atoms. The zero-order valence-electron chi connectivity index (χ0n) is 13.3. The number of piperidine rings is 1. The molecule has 0 saturated carbocycles. The van der Waals surface area contributed by atoms with E-state index in [2.05, 4.69) is 36.2 Å². The first-order valence-electron chi connectivity index (χ1n) is 8.20. The second-order valence-corrected chi connectivity index (χ2v) is 6.54. The summed E-state index contributed by atoms with van der Waals surface area (Å²) in [4.78, 5) is 2.41. The molecule has 3 rings (SSSR count). The molecule has 1 aliphatic heterocycles. The monoisotopic (exact) mass is 297 g/mol. The molecule has 116 valence electrons. The summed E-state index contributed by atoms with van der Waals surface area (Å²) in [6, 6.07) is 15.7. The van der Waals surface area contributed by atoms with Crippen molar-refractivity contribution in [2.75, 3.05) is 20.1 Å². The first kappa shape index (κ1) is 15.2. The first-order valence-corrected chi connectivity index (χ1v) is 8.20. The molecule has 0 radical (unpaired) electrons. The van der Waals surface area contributed by atoms with Crippen LogP contribution in [0.3, 0.4) is 0 Å². The molecule has 0 spiro atoms. The van der Waals surface area contributed by atoms with Crippen LogP contribution in [-0.4, -0.2) is 25.0 Å². The summed E-state index contributed by atoms with van der Waals surface area (Å²) >= 11 is 0. The van der Waals surface area contributed by atoms with Gasteiger partial charge in [-0.25, -0.2) is 4.39 Å². The van der Waals surface area contributed by atoms with Crippen LogP contribution in [-0.2, 0) is 12.8 Å². The molecule has 0 aromatic heterocycles. The molecule has 1 aliphatic rings. The Bertz CT molecular complexity index is 615. The van der Waals surface area contributed by atoms with Crippen molar-refractivity contribution < 1.29 is 4.39 Å². The Morgan fingerprint density at radius 2 is 1.73 bits per heavy atom. The van der Waals surface area contributed by atoms with Gasteiger partial charge in [-0.05, 0) is 68.1 Å². The molecule has 1 heterocycles. The highest BCUT2D eigenvalue weighted by Gasteiger charge is 2.17. The molecule has 2 heteroatoms. The number of rotatable bonds is 4. The van der Waals surface area contributed by atoms with E-state index in [-0.39, 0.29) is 5.82 Å². The molecule has 0 aliphatic carbocycles. The van der Waals surface area contributed by atoms with Crippen molar-refractivity contribution in [3.05, 3.63) is 71.0 Å². The van der Waals surface area contributed by atoms with Gasteiger partial charge < -0.3 is 4.90 Å². The van der Waals surface area contributed by atoms with Crippen molar-refractivity contribution in [2.45, 2.75) is 25.7 Å². The molecule has 22 heavy (non-hydrogen) atoms. The minimum absolute atomic E-state index is 0.108. The molecule has 0 atom stereocenters. The minimum atomic E-state index is -0.108. The van der Waals surface area contributed by atoms with E-state index in [1.807, 2.05) is 12.1 Å². The Labute approximate surface area is 132 Å². The number of hydrogen-bond donors (Lipinski definition) is 0. The van der Waals surface area contributed by atoms with Gasteiger partial charge in [0.25, 0.3) is 0 Å².